The van der Waals surface area contributed by atoms with Gasteiger partial charge in [-0.3, -0.25) is 0 Å². The molecule has 3 atom stereocenters. The van der Waals surface area contributed by atoms with Gasteiger partial charge in [-0.05, 0) is 30.6 Å². The zero-order valence-corrected chi connectivity index (χ0v) is 7.82. The maximum Gasteiger partial charge on any atom is 0.00339 e. The van der Waals surface area contributed by atoms with Gasteiger partial charge in [-0.25, -0.2) is 0 Å². The molecule has 54 valence electrons. The van der Waals surface area contributed by atoms with Crippen molar-refractivity contribution in [2.75, 3.05) is 5.33 Å². The molecule has 1 rings (SSSR count). The van der Waals surface area contributed by atoms with Crippen LogP contribution in [0.2, 0.25) is 0 Å². The van der Waals surface area contributed by atoms with Crippen molar-refractivity contribution in [3.8, 4) is 0 Å². The van der Waals surface area contributed by atoms with Crippen molar-refractivity contribution in [3.05, 3.63) is 0 Å². The van der Waals surface area contributed by atoms with Gasteiger partial charge in [0.1, 0.15) is 0 Å². The van der Waals surface area contributed by atoms with Crippen LogP contribution in [-0.4, -0.2) is 5.33 Å². The second-order valence-electron chi connectivity index (χ2n) is 3.33. The van der Waals surface area contributed by atoms with E-state index in [0.29, 0.717) is 0 Å². The first-order chi connectivity index (χ1) is 4.25. The molecule has 0 bridgehead atoms. The van der Waals surface area contributed by atoms with Gasteiger partial charge < -0.3 is 0 Å². The molecular formula is C8H15Br. The topological polar surface area (TPSA) is 0 Å². The van der Waals surface area contributed by atoms with E-state index in [2.05, 4.69) is 29.8 Å². The van der Waals surface area contributed by atoms with Crippen LogP contribution in [0.1, 0.15) is 26.7 Å². The lowest BCUT2D eigenvalue weighted by atomic mass is 10.0. The molecule has 0 aromatic carbocycles. The standard InChI is InChI=1S/C8H15Br/c1-6(3-4-9)8-5-7(8)2/h6-8H,3-5H2,1-2H3/t6-,7-,8+/m1/s1. The number of rotatable bonds is 3. The first-order valence-electron chi connectivity index (χ1n) is 3.81. The summed E-state index contributed by atoms with van der Waals surface area (Å²) in [7, 11) is 0. The third-order valence-electron chi connectivity index (χ3n) is 2.47. The van der Waals surface area contributed by atoms with E-state index >= 15 is 0 Å². The molecule has 0 unspecified atom stereocenters. The maximum absolute atomic E-state index is 3.47. The number of hydrogen-bond acceptors (Lipinski definition) is 0. The highest BCUT2D eigenvalue weighted by atomic mass is 79.9. The van der Waals surface area contributed by atoms with Gasteiger partial charge in [0.15, 0.2) is 0 Å². The van der Waals surface area contributed by atoms with E-state index in [-0.39, 0.29) is 0 Å². The van der Waals surface area contributed by atoms with E-state index in [4.69, 9.17) is 0 Å². The Morgan fingerprint density at radius 3 is 2.56 bits per heavy atom. The van der Waals surface area contributed by atoms with E-state index in [0.717, 1.165) is 17.8 Å². The SMILES string of the molecule is C[C@H](CCBr)[C@@H]1C[C@H]1C. The van der Waals surface area contributed by atoms with Gasteiger partial charge in [-0.1, -0.05) is 29.8 Å². The van der Waals surface area contributed by atoms with E-state index in [1.807, 2.05) is 0 Å². The molecule has 0 spiro atoms. The summed E-state index contributed by atoms with van der Waals surface area (Å²) in [5, 5.41) is 1.18. The van der Waals surface area contributed by atoms with Crippen LogP contribution in [0.15, 0.2) is 0 Å². The lowest BCUT2D eigenvalue weighted by Gasteiger charge is -2.06. The molecule has 1 aliphatic carbocycles. The van der Waals surface area contributed by atoms with Gasteiger partial charge >= 0.3 is 0 Å². The Labute approximate surface area is 66.2 Å². The van der Waals surface area contributed by atoms with Crippen LogP contribution in [0.3, 0.4) is 0 Å². The van der Waals surface area contributed by atoms with Crippen molar-refractivity contribution in [1.29, 1.82) is 0 Å². The summed E-state index contributed by atoms with van der Waals surface area (Å²) < 4.78 is 0. The fourth-order valence-corrected chi connectivity index (χ4v) is 2.25. The molecule has 0 nitrogen and oxygen atoms in total. The van der Waals surface area contributed by atoms with Gasteiger partial charge in [0.05, 0.1) is 0 Å². The molecular weight excluding hydrogens is 176 g/mol. The third-order valence-corrected chi connectivity index (χ3v) is 2.92. The summed E-state index contributed by atoms with van der Waals surface area (Å²) in [5.41, 5.74) is 0. The highest BCUT2D eigenvalue weighted by Gasteiger charge is 2.36. The zero-order chi connectivity index (χ0) is 6.85. The van der Waals surface area contributed by atoms with E-state index < -0.39 is 0 Å². The van der Waals surface area contributed by atoms with E-state index in [1.54, 1.807) is 0 Å². The van der Waals surface area contributed by atoms with Crippen LogP contribution in [0.4, 0.5) is 0 Å². The number of alkyl halides is 1. The smallest absolute Gasteiger partial charge is 0.00339 e. The van der Waals surface area contributed by atoms with Crippen molar-refractivity contribution in [1.82, 2.24) is 0 Å². The number of hydrogen-bond donors (Lipinski definition) is 0. The summed E-state index contributed by atoms with van der Waals surface area (Å²) in [6, 6.07) is 0. The largest absolute Gasteiger partial charge is 0.0928 e. The van der Waals surface area contributed by atoms with Crippen molar-refractivity contribution in [2.45, 2.75) is 26.7 Å². The van der Waals surface area contributed by atoms with Crippen molar-refractivity contribution in [3.63, 3.8) is 0 Å². The predicted octanol–water partition coefficient (Wildman–Crippen LogP) is 3.06. The van der Waals surface area contributed by atoms with Crippen LogP contribution >= 0.6 is 15.9 Å². The Morgan fingerprint density at radius 2 is 2.22 bits per heavy atom. The molecule has 0 radical (unpaired) electrons. The molecule has 9 heavy (non-hydrogen) atoms. The number of halogens is 1. The molecule has 0 amide bonds. The lowest BCUT2D eigenvalue weighted by Crippen LogP contribution is -1.98. The minimum absolute atomic E-state index is 0.958. The minimum atomic E-state index is 0.958. The summed E-state index contributed by atoms with van der Waals surface area (Å²) in [6.45, 7) is 4.73. The molecule has 0 N–H and O–H groups in total. The summed E-state index contributed by atoms with van der Waals surface area (Å²) in [5.74, 6) is 3.04. The van der Waals surface area contributed by atoms with Gasteiger partial charge in [0, 0.05) is 5.33 Å². The molecule has 0 aromatic rings. The molecule has 1 aliphatic rings. The molecule has 1 fully saturated rings. The molecule has 0 aromatic heterocycles. The van der Waals surface area contributed by atoms with Gasteiger partial charge in [0.25, 0.3) is 0 Å². The third kappa shape index (κ3) is 1.96. The molecule has 0 aliphatic heterocycles. The first-order valence-corrected chi connectivity index (χ1v) is 4.93. The fourth-order valence-electron chi connectivity index (χ4n) is 1.53. The average Bonchev–Trinajstić information content (AvgIpc) is 2.47. The molecule has 1 heteroatoms. The van der Waals surface area contributed by atoms with Crippen molar-refractivity contribution >= 4 is 15.9 Å². The van der Waals surface area contributed by atoms with Gasteiger partial charge in [0.2, 0.25) is 0 Å². The summed E-state index contributed by atoms with van der Waals surface area (Å²) >= 11 is 3.47. The average molecular weight is 191 g/mol. The van der Waals surface area contributed by atoms with E-state index in [1.165, 1.54) is 18.2 Å². The highest BCUT2D eigenvalue weighted by Crippen LogP contribution is 2.44. The van der Waals surface area contributed by atoms with Gasteiger partial charge in [-0.2, -0.15) is 0 Å². The summed E-state index contributed by atoms with van der Waals surface area (Å²) in [4.78, 5) is 0. The monoisotopic (exact) mass is 190 g/mol. The van der Waals surface area contributed by atoms with Crippen LogP contribution < -0.4 is 0 Å². The van der Waals surface area contributed by atoms with Crippen molar-refractivity contribution < 1.29 is 0 Å². The Morgan fingerprint density at radius 1 is 1.67 bits per heavy atom. The molecule has 0 saturated heterocycles. The van der Waals surface area contributed by atoms with E-state index in [9.17, 15) is 0 Å². The lowest BCUT2D eigenvalue weighted by molar-refractivity contribution is 0.473. The zero-order valence-electron chi connectivity index (χ0n) is 6.23. The minimum Gasteiger partial charge on any atom is -0.0928 e. The van der Waals surface area contributed by atoms with Crippen LogP contribution in [-0.2, 0) is 0 Å². The van der Waals surface area contributed by atoms with Crippen LogP contribution in [0, 0.1) is 17.8 Å². The highest BCUT2D eigenvalue weighted by molar-refractivity contribution is 9.09. The predicted molar refractivity (Wildman–Crippen MR) is 44.8 cm³/mol. The Balaban J connectivity index is 2.11. The summed E-state index contributed by atoms with van der Waals surface area (Å²) in [6.07, 6.45) is 2.84. The second-order valence-corrected chi connectivity index (χ2v) is 4.12. The Hall–Kier alpha value is 0.480. The Kier molecular flexibility index (Phi) is 2.57. The van der Waals surface area contributed by atoms with Gasteiger partial charge in [-0.15, -0.1) is 0 Å². The quantitative estimate of drug-likeness (QED) is 0.601. The Bertz CT molecular complexity index is 90.6. The fraction of sp³-hybridized carbons (Fsp3) is 1.00. The molecule has 1 saturated carbocycles. The second kappa shape index (κ2) is 3.05. The van der Waals surface area contributed by atoms with Crippen LogP contribution in [0.25, 0.3) is 0 Å². The van der Waals surface area contributed by atoms with Crippen molar-refractivity contribution in [2.24, 2.45) is 17.8 Å². The maximum atomic E-state index is 3.47. The molecule has 0 heterocycles. The first kappa shape index (κ1) is 7.59. The van der Waals surface area contributed by atoms with Crippen LogP contribution in [0.5, 0.6) is 0 Å². The normalized spacial score (nSPS) is 36.3.